The zero-order valence-corrected chi connectivity index (χ0v) is 11.2. The second-order valence-corrected chi connectivity index (χ2v) is 4.77. The molecule has 0 amide bonds. The lowest BCUT2D eigenvalue weighted by molar-refractivity contribution is 0.941. The molecule has 1 heterocycles. The molecule has 4 nitrogen and oxygen atoms in total. The maximum absolute atomic E-state index is 12.6. The number of imidazole rings is 1. The van der Waals surface area contributed by atoms with Gasteiger partial charge in [-0.3, -0.25) is 9.13 Å². The van der Waals surface area contributed by atoms with Crippen LogP contribution >= 0.6 is 0 Å². The number of rotatable bonds is 2. The van der Waals surface area contributed by atoms with Crippen LogP contribution in [0.3, 0.4) is 0 Å². The Hall–Kier alpha value is -2.75. The molecule has 0 unspecified atom stereocenters. The number of fused-ring (bicyclic) bond motifs is 1. The highest BCUT2D eigenvalue weighted by atomic mass is 16.1. The van der Waals surface area contributed by atoms with Gasteiger partial charge in [-0.2, -0.15) is 0 Å². The molecule has 0 atom stereocenters. The van der Waals surface area contributed by atoms with Crippen LogP contribution in [0.4, 0.5) is 5.69 Å². The molecule has 1 aromatic heterocycles. The van der Waals surface area contributed by atoms with Crippen molar-refractivity contribution in [1.82, 2.24) is 9.13 Å². The topological polar surface area (TPSA) is 53.0 Å². The summed E-state index contributed by atoms with van der Waals surface area (Å²) >= 11 is 0. The maximum atomic E-state index is 12.6. The number of para-hydroxylation sites is 2. The van der Waals surface area contributed by atoms with Gasteiger partial charge in [-0.1, -0.05) is 18.7 Å². The zero-order chi connectivity index (χ0) is 14.3. The monoisotopic (exact) mass is 265 g/mol. The Morgan fingerprint density at radius 1 is 1.05 bits per heavy atom. The highest BCUT2D eigenvalue weighted by molar-refractivity contribution is 5.81. The van der Waals surface area contributed by atoms with E-state index in [1.165, 1.54) is 0 Å². The Balaban J connectivity index is 2.42. The molecule has 0 saturated carbocycles. The van der Waals surface area contributed by atoms with Crippen LogP contribution in [0.5, 0.6) is 0 Å². The van der Waals surface area contributed by atoms with Crippen LogP contribution in [0.25, 0.3) is 22.4 Å². The van der Waals surface area contributed by atoms with E-state index in [0.717, 1.165) is 16.7 Å². The normalized spacial score (nSPS) is 10.8. The van der Waals surface area contributed by atoms with Crippen molar-refractivity contribution < 1.29 is 0 Å². The smallest absolute Gasteiger partial charge is 0.338 e. The number of allylic oxidation sites excluding steroid dienone is 1. The molecule has 0 fully saturated rings. The average Bonchev–Trinajstić information content (AvgIpc) is 2.72. The van der Waals surface area contributed by atoms with Gasteiger partial charge in [-0.05, 0) is 43.3 Å². The van der Waals surface area contributed by atoms with Crippen LogP contribution in [0, 0.1) is 0 Å². The van der Waals surface area contributed by atoms with Crippen molar-refractivity contribution in [2.45, 2.75) is 6.92 Å². The van der Waals surface area contributed by atoms with E-state index >= 15 is 0 Å². The number of aromatic nitrogens is 2. The summed E-state index contributed by atoms with van der Waals surface area (Å²) in [5, 5.41) is 0. The second-order valence-electron chi connectivity index (χ2n) is 4.77. The van der Waals surface area contributed by atoms with Gasteiger partial charge in [0.2, 0.25) is 0 Å². The van der Waals surface area contributed by atoms with Gasteiger partial charge in [0.25, 0.3) is 0 Å². The van der Waals surface area contributed by atoms with E-state index in [2.05, 4.69) is 6.58 Å². The minimum atomic E-state index is -0.122. The lowest BCUT2D eigenvalue weighted by atomic mass is 10.2. The first-order valence-electron chi connectivity index (χ1n) is 6.34. The van der Waals surface area contributed by atoms with Gasteiger partial charge >= 0.3 is 5.69 Å². The minimum Gasteiger partial charge on any atom is -0.399 e. The van der Waals surface area contributed by atoms with Crippen molar-refractivity contribution in [1.29, 1.82) is 0 Å². The largest absolute Gasteiger partial charge is 0.399 e. The first-order chi connectivity index (χ1) is 9.59. The van der Waals surface area contributed by atoms with E-state index in [1.807, 2.05) is 43.3 Å². The molecule has 0 spiro atoms. The van der Waals surface area contributed by atoms with E-state index in [-0.39, 0.29) is 5.69 Å². The van der Waals surface area contributed by atoms with Crippen LogP contribution in [-0.2, 0) is 0 Å². The Morgan fingerprint density at radius 2 is 1.65 bits per heavy atom. The third-order valence-corrected chi connectivity index (χ3v) is 3.28. The number of nitrogens with two attached hydrogens (primary N) is 1. The molecule has 3 rings (SSSR count). The van der Waals surface area contributed by atoms with Gasteiger partial charge in [-0.25, -0.2) is 4.79 Å². The summed E-state index contributed by atoms with van der Waals surface area (Å²) in [7, 11) is 0. The summed E-state index contributed by atoms with van der Waals surface area (Å²) in [6.07, 6.45) is 0. The predicted octanol–water partition coefficient (Wildman–Crippen LogP) is 2.87. The highest BCUT2D eigenvalue weighted by Crippen LogP contribution is 2.20. The summed E-state index contributed by atoms with van der Waals surface area (Å²) in [5.41, 5.74) is 9.44. The number of nitrogens with zero attached hydrogens (tertiary/aromatic N) is 2. The van der Waals surface area contributed by atoms with E-state index in [4.69, 9.17) is 5.73 Å². The fourth-order valence-corrected chi connectivity index (χ4v) is 2.39. The summed E-state index contributed by atoms with van der Waals surface area (Å²) < 4.78 is 3.29. The Morgan fingerprint density at radius 3 is 2.25 bits per heavy atom. The third kappa shape index (κ3) is 1.73. The van der Waals surface area contributed by atoms with E-state index in [9.17, 15) is 4.79 Å². The van der Waals surface area contributed by atoms with E-state index in [0.29, 0.717) is 11.4 Å². The Bertz CT molecular complexity index is 854. The number of benzene rings is 2. The van der Waals surface area contributed by atoms with E-state index < -0.39 is 0 Å². The number of nitrogen functional groups attached to an aromatic ring is 1. The molecule has 4 heteroatoms. The van der Waals surface area contributed by atoms with E-state index in [1.54, 1.807) is 21.3 Å². The van der Waals surface area contributed by atoms with Gasteiger partial charge in [0.05, 0.1) is 16.7 Å². The SMILES string of the molecule is C=C(C)n1c(=O)n(-c2ccc(N)cc2)c2ccccc21. The molecule has 0 aliphatic heterocycles. The predicted molar refractivity (Wildman–Crippen MR) is 83.0 cm³/mol. The van der Waals surface area contributed by atoms with Gasteiger partial charge in [-0.15, -0.1) is 0 Å². The summed E-state index contributed by atoms with van der Waals surface area (Å²) in [5.74, 6) is 0. The summed E-state index contributed by atoms with van der Waals surface area (Å²) in [4.78, 5) is 12.6. The molecule has 0 aliphatic carbocycles. The number of hydrogen-bond acceptors (Lipinski definition) is 2. The Kier molecular flexibility index (Phi) is 2.71. The van der Waals surface area contributed by atoms with Crippen LogP contribution in [0.2, 0.25) is 0 Å². The molecule has 2 N–H and O–H groups in total. The standard InChI is InChI=1S/C16H15N3O/c1-11(2)18-14-5-3-4-6-15(14)19(16(18)20)13-9-7-12(17)8-10-13/h3-10H,1,17H2,2H3. The van der Waals surface area contributed by atoms with Crippen molar-refractivity contribution >= 4 is 22.4 Å². The number of anilines is 1. The van der Waals surface area contributed by atoms with Crippen LogP contribution in [0.1, 0.15) is 6.92 Å². The van der Waals surface area contributed by atoms with Crippen molar-refractivity contribution in [2.75, 3.05) is 5.73 Å². The quantitative estimate of drug-likeness (QED) is 0.724. The number of hydrogen-bond donors (Lipinski definition) is 1. The molecule has 20 heavy (non-hydrogen) atoms. The van der Waals surface area contributed by atoms with Crippen molar-refractivity contribution in [2.24, 2.45) is 0 Å². The molecule has 2 aromatic carbocycles. The molecule has 0 saturated heterocycles. The zero-order valence-electron chi connectivity index (χ0n) is 11.2. The van der Waals surface area contributed by atoms with Gasteiger partial charge in [0.15, 0.2) is 0 Å². The van der Waals surface area contributed by atoms with Crippen LogP contribution in [0.15, 0.2) is 59.9 Å². The third-order valence-electron chi connectivity index (χ3n) is 3.28. The van der Waals surface area contributed by atoms with Gasteiger partial charge in [0, 0.05) is 11.4 Å². The van der Waals surface area contributed by atoms with Crippen molar-refractivity contribution in [3.8, 4) is 5.69 Å². The molecule has 0 aliphatic rings. The van der Waals surface area contributed by atoms with Gasteiger partial charge in [0.1, 0.15) is 0 Å². The van der Waals surface area contributed by atoms with Crippen molar-refractivity contribution in [3.05, 3.63) is 65.6 Å². The van der Waals surface area contributed by atoms with Crippen molar-refractivity contribution in [3.63, 3.8) is 0 Å². The maximum Gasteiger partial charge on any atom is 0.338 e. The summed E-state index contributed by atoms with van der Waals surface area (Å²) in [6.45, 7) is 5.71. The average molecular weight is 265 g/mol. The second kappa shape index (κ2) is 4.42. The first-order valence-corrected chi connectivity index (χ1v) is 6.34. The fraction of sp³-hybridized carbons (Fsp3) is 0.0625. The lowest BCUT2D eigenvalue weighted by Gasteiger charge is -2.03. The fourth-order valence-electron chi connectivity index (χ4n) is 2.39. The highest BCUT2D eigenvalue weighted by Gasteiger charge is 2.14. The molecular formula is C16H15N3O. The first kappa shape index (κ1) is 12.3. The molecule has 100 valence electrons. The molecule has 0 bridgehead atoms. The Labute approximate surface area is 116 Å². The van der Waals surface area contributed by atoms with Gasteiger partial charge < -0.3 is 5.73 Å². The van der Waals surface area contributed by atoms with Crippen LogP contribution in [-0.4, -0.2) is 9.13 Å². The van der Waals surface area contributed by atoms with Crippen LogP contribution < -0.4 is 11.4 Å². The molecule has 3 aromatic rings. The summed E-state index contributed by atoms with van der Waals surface area (Å²) in [6, 6.07) is 14.9. The molecular weight excluding hydrogens is 250 g/mol. The molecule has 0 radical (unpaired) electrons. The minimum absolute atomic E-state index is 0.122. The lowest BCUT2D eigenvalue weighted by Crippen LogP contribution is -2.21.